The number of alkyl carbamates (subject to hydrolysis) is 1. The van der Waals surface area contributed by atoms with Gasteiger partial charge in [-0.15, -0.1) is 0 Å². The van der Waals surface area contributed by atoms with Crippen LogP contribution >= 0.6 is 15.9 Å². The highest BCUT2D eigenvalue weighted by Crippen LogP contribution is 2.27. The number of hydrogen-bond donors (Lipinski definition) is 1. The summed E-state index contributed by atoms with van der Waals surface area (Å²) in [4.78, 5) is 17.1. The third-order valence-electron chi connectivity index (χ3n) is 4.06. The van der Waals surface area contributed by atoms with Crippen LogP contribution in [-0.2, 0) is 11.2 Å². The van der Waals surface area contributed by atoms with Crippen LogP contribution in [0.4, 0.5) is 4.79 Å². The van der Waals surface area contributed by atoms with Gasteiger partial charge in [-0.2, -0.15) is 0 Å². The lowest BCUT2D eigenvalue weighted by atomic mass is 9.99. The summed E-state index contributed by atoms with van der Waals surface area (Å²) in [5, 5.41) is 5.09. The molecule has 1 N–H and O–H groups in total. The Morgan fingerprint density at radius 3 is 2.59 bits per heavy atom. The summed E-state index contributed by atoms with van der Waals surface area (Å²) >= 11 is 3.51. The highest BCUT2D eigenvalue weighted by atomic mass is 79.9. The van der Waals surface area contributed by atoms with Gasteiger partial charge < -0.3 is 10.1 Å². The van der Waals surface area contributed by atoms with E-state index in [0.29, 0.717) is 6.42 Å². The van der Waals surface area contributed by atoms with Crippen molar-refractivity contribution in [1.29, 1.82) is 0 Å². The average Bonchev–Trinajstić information content (AvgIpc) is 2.59. The molecule has 3 rings (SSSR count). The van der Waals surface area contributed by atoms with Crippen LogP contribution < -0.4 is 5.32 Å². The van der Waals surface area contributed by atoms with E-state index in [-0.39, 0.29) is 6.04 Å². The lowest BCUT2D eigenvalue weighted by Crippen LogP contribution is -2.36. The van der Waals surface area contributed by atoms with Gasteiger partial charge in [-0.25, -0.2) is 4.79 Å². The molecule has 0 saturated carbocycles. The van der Waals surface area contributed by atoms with E-state index in [1.165, 1.54) is 0 Å². The smallest absolute Gasteiger partial charge is 0.408 e. The zero-order valence-corrected chi connectivity index (χ0v) is 17.3. The van der Waals surface area contributed by atoms with E-state index in [9.17, 15) is 4.79 Å². The minimum absolute atomic E-state index is 0.299. The van der Waals surface area contributed by atoms with E-state index in [1.807, 2.05) is 75.4 Å². The molecule has 27 heavy (non-hydrogen) atoms. The first kappa shape index (κ1) is 19.4. The van der Waals surface area contributed by atoms with Gasteiger partial charge in [-0.3, -0.25) is 4.98 Å². The number of benzene rings is 2. The maximum absolute atomic E-state index is 12.5. The molecule has 1 amide bonds. The molecule has 1 atom stereocenters. The first-order valence-electron chi connectivity index (χ1n) is 8.89. The number of halogens is 1. The first-order valence-corrected chi connectivity index (χ1v) is 9.69. The number of amides is 1. The van der Waals surface area contributed by atoms with Gasteiger partial charge in [0.1, 0.15) is 5.60 Å². The van der Waals surface area contributed by atoms with E-state index < -0.39 is 11.7 Å². The van der Waals surface area contributed by atoms with Crippen molar-refractivity contribution in [2.45, 2.75) is 38.8 Å². The molecule has 0 spiro atoms. The Balaban J connectivity index is 1.97. The van der Waals surface area contributed by atoms with Crippen LogP contribution in [0.3, 0.4) is 0 Å². The van der Waals surface area contributed by atoms with Crippen molar-refractivity contribution in [3.05, 3.63) is 76.5 Å². The number of nitrogens with one attached hydrogen (secondary N) is 1. The Morgan fingerprint density at radius 1 is 1.15 bits per heavy atom. The summed E-state index contributed by atoms with van der Waals surface area (Å²) in [7, 11) is 0. The SMILES string of the molecule is CC(C)(C)OC(=O)NC(Cc1ccccc1)c1nccc2cc(Br)ccc12. The van der Waals surface area contributed by atoms with Gasteiger partial charge in [0.2, 0.25) is 0 Å². The topological polar surface area (TPSA) is 51.2 Å². The van der Waals surface area contributed by atoms with Crippen molar-refractivity contribution in [2.75, 3.05) is 0 Å². The minimum Gasteiger partial charge on any atom is -0.444 e. The standard InChI is InChI=1S/C22H23BrN2O2/c1-22(2,3)27-21(26)25-19(13-15-7-5-4-6-8-15)20-18-10-9-17(23)14-16(18)11-12-24-20/h4-12,14,19H,13H2,1-3H3,(H,25,26). The molecule has 1 heterocycles. The fourth-order valence-corrected chi connectivity index (χ4v) is 3.34. The Hall–Kier alpha value is -2.40. The van der Waals surface area contributed by atoms with Crippen LogP contribution in [0.2, 0.25) is 0 Å². The predicted octanol–water partition coefficient (Wildman–Crippen LogP) is 5.81. The molecule has 0 bridgehead atoms. The number of rotatable bonds is 4. The van der Waals surface area contributed by atoms with Crippen LogP contribution in [0.15, 0.2) is 65.3 Å². The Kier molecular flexibility index (Phi) is 5.80. The molecule has 1 aromatic heterocycles. The molecule has 0 radical (unpaired) electrons. The number of aromatic nitrogens is 1. The highest BCUT2D eigenvalue weighted by Gasteiger charge is 2.23. The van der Waals surface area contributed by atoms with Crippen LogP contribution in [-0.4, -0.2) is 16.7 Å². The molecular weight excluding hydrogens is 404 g/mol. The number of fused-ring (bicyclic) bond motifs is 1. The highest BCUT2D eigenvalue weighted by molar-refractivity contribution is 9.10. The van der Waals surface area contributed by atoms with Crippen LogP contribution in [0.25, 0.3) is 10.8 Å². The van der Waals surface area contributed by atoms with Crippen molar-refractivity contribution >= 4 is 32.8 Å². The zero-order chi connectivity index (χ0) is 19.4. The van der Waals surface area contributed by atoms with Gasteiger partial charge in [0.05, 0.1) is 11.7 Å². The lowest BCUT2D eigenvalue weighted by molar-refractivity contribution is 0.0502. The molecule has 0 fully saturated rings. The first-order chi connectivity index (χ1) is 12.8. The third-order valence-corrected chi connectivity index (χ3v) is 4.55. The van der Waals surface area contributed by atoms with E-state index in [2.05, 4.69) is 26.2 Å². The number of ether oxygens (including phenoxy) is 1. The van der Waals surface area contributed by atoms with Gasteiger partial charge in [0.25, 0.3) is 0 Å². The molecule has 140 valence electrons. The van der Waals surface area contributed by atoms with E-state index >= 15 is 0 Å². The van der Waals surface area contributed by atoms with Crippen molar-refractivity contribution in [3.63, 3.8) is 0 Å². The Labute approximate surface area is 168 Å². The molecule has 2 aromatic carbocycles. The summed E-state index contributed by atoms with van der Waals surface area (Å²) in [6.07, 6.45) is 1.96. The second-order valence-electron chi connectivity index (χ2n) is 7.45. The summed E-state index contributed by atoms with van der Waals surface area (Å²) in [6, 6.07) is 17.8. The molecule has 0 saturated heterocycles. The number of carbonyl (C=O) groups excluding carboxylic acids is 1. The number of hydrogen-bond acceptors (Lipinski definition) is 3. The largest absolute Gasteiger partial charge is 0.444 e. The van der Waals surface area contributed by atoms with Crippen LogP contribution in [0.1, 0.15) is 38.1 Å². The Bertz CT molecular complexity index is 936. The lowest BCUT2D eigenvalue weighted by Gasteiger charge is -2.24. The van der Waals surface area contributed by atoms with Crippen LogP contribution in [0, 0.1) is 0 Å². The number of nitrogens with zero attached hydrogens (tertiary/aromatic N) is 1. The van der Waals surface area contributed by atoms with Gasteiger partial charge in [-0.1, -0.05) is 52.3 Å². The second kappa shape index (κ2) is 8.09. The zero-order valence-electron chi connectivity index (χ0n) is 15.7. The maximum Gasteiger partial charge on any atom is 0.408 e. The van der Waals surface area contributed by atoms with E-state index in [1.54, 1.807) is 6.20 Å². The average molecular weight is 427 g/mol. The molecule has 0 aliphatic rings. The molecule has 0 aliphatic carbocycles. The summed E-state index contributed by atoms with van der Waals surface area (Å²) in [5.41, 5.74) is 1.39. The van der Waals surface area contributed by atoms with Crippen molar-refractivity contribution in [2.24, 2.45) is 0 Å². The molecule has 1 unspecified atom stereocenters. The van der Waals surface area contributed by atoms with Gasteiger partial charge in [0, 0.05) is 16.1 Å². The van der Waals surface area contributed by atoms with Crippen LogP contribution in [0.5, 0.6) is 0 Å². The predicted molar refractivity (Wildman–Crippen MR) is 112 cm³/mol. The molecule has 4 nitrogen and oxygen atoms in total. The van der Waals surface area contributed by atoms with Gasteiger partial charge >= 0.3 is 6.09 Å². The van der Waals surface area contributed by atoms with Gasteiger partial charge in [0.15, 0.2) is 0 Å². The monoisotopic (exact) mass is 426 g/mol. The van der Waals surface area contributed by atoms with Crippen molar-refractivity contribution in [1.82, 2.24) is 10.3 Å². The number of carbonyl (C=O) groups is 1. The molecule has 3 aromatic rings. The quantitative estimate of drug-likeness (QED) is 0.572. The van der Waals surface area contributed by atoms with E-state index in [4.69, 9.17) is 4.74 Å². The van der Waals surface area contributed by atoms with Crippen molar-refractivity contribution in [3.8, 4) is 0 Å². The van der Waals surface area contributed by atoms with E-state index in [0.717, 1.165) is 26.5 Å². The minimum atomic E-state index is -0.557. The summed E-state index contributed by atoms with van der Waals surface area (Å²) < 4.78 is 6.48. The Morgan fingerprint density at radius 2 is 1.89 bits per heavy atom. The van der Waals surface area contributed by atoms with Crippen molar-refractivity contribution < 1.29 is 9.53 Å². The fraction of sp³-hybridized carbons (Fsp3) is 0.273. The summed E-state index contributed by atoms with van der Waals surface area (Å²) in [6.45, 7) is 5.56. The molecule has 0 aliphatic heterocycles. The second-order valence-corrected chi connectivity index (χ2v) is 8.37. The molecular formula is C22H23BrN2O2. The molecule has 5 heteroatoms. The fourth-order valence-electron chi connectivity index (χ4n) is 2.97. The normalized spacial score (nSPS) is 12.6. The van der Waals surface area contributed by atoms with Gasteiger partial charge in [-0.05, 0) is 56.3 Å². The summed E-state index contributed by atoms with van der Waals surface area (Å²) in [5.74, 6) is 0. The third kappa shape index (κ3) is 5.30. The number of pyridine rings is 1. The maximum atomic E-state index is 12.5.